The van der Waals surface area contributed by atoms with Crippen molar-refractivity contribution in [1.29, 1.82) is 0 Å². The Bertz CT molecular complexity index is 369. The third-order valence-electron chi connectivity index (χ3n) is 5.35. The summed E-state index contributed by atoms with van der Waals surface area (Å²) in [6.45, 7) is 9.73. The maximum absolute atomic E-state index is 12.7. The first-order valence-corrected chi connectivity index (χ1v) is 8.01. The van der Waals surface area contributed by atoms with E-state index in [2.05, 4.69) is 37.9 Å². The molecule has 2 saturated carbocycles. The molecular weight excluding hydrogens is 236 g/mol. The highest BCUT2D eigenvalue weighted by Crippen LogP contribution is 2.61. The van der Waals surface area contributed by atoms with E-state index in [-0.39, 0.29) is 12.2 Å². The SMILES string of the molecule is CC(C)C1NC(C(C)C)N(CC2(C3CC3)CC2)C1=O. The van der Waals surface area contributed by atoms with Gasteiger partial charge < -0.3 is 4.90 Å². The molecule has 0 radical (unpaired) electrons. The fourth-order valence-electron chi connectivity index (χ4n) is 3.76. The molecule has 0 aromatic heterocycles. The van der Waals surface area contributed by atoms with Crippen molar-refractivity contribution in [3.8, 4) is 0 Å². The average molecular weight is 264 g/mol. The van der Waals surface area contributed by atoms with E-state index in [4.69, 9.17) is 0 Å². The van der Waals surface area contributed by atoms with E-state index in [1.54, 1.807) is 0 Å². The molecule has 1 N–H and O–H groups in total. The van der Waals surface area contributed by atoms with Gasteiger partial charge in [0.25, 0.3) is 0 Å². The zero-order valence-electron chi connectivity index (χ0n) is 12.8. The van der Waals surface area contributed by atoms with Crippen molar-refractivity contribution in [3.63, 3.8) is 0 Å². The van der Waals surface area contributed by atoms with Crippen LogP contribution in [0.25, 0.3) is 0 Å². The molecule has 2 unspecified atom stereocenters. The zero-order valence-corrected chi connectivity index (χ0v) is 12.8. The van der Waals surface area contributed by atoms with Gasteiger partial charge >= 0.3 is 0 Å². The number of hydrogen-bond acceptors (Lipinski definition) is 2. The Hall–Kier alpha value is -0.570. The van der Waals surface area contributed by atoms with Gasteiger partial charge in [0, 0.05) is 6.54 Å². The lowest BCUT2D eigenvalue weighted by molar-refractivity contribution is -0.132. The lowest BCUT2D eigenvalue weighted by Crippen LogP contribution is -2.44. The predicted octanol–water partition coefficient (Wildman–Crippen LogP) is 2.62. The normalized spacial score (nSPS) is 33.6. The van der Waals surface area contributed by atoms with E-state index < -0.39 is 0 Å². The molecule has 108 valence electrons. The fraction of sp³-hybridized carbons (Fsp3) is 0.938. The summed E-state index contributed by atoms with van der Waals surface area (Å²) in [6, 6.07) is 0.0300. The van der Waals surface area contributed by atoms with Crippen LogP contribution < -0.4 is 5.32 Å². The molecule has 1 amide bonds. The first-order valence-electron chi connectivity index (χ1n) is 8.01. The highest BCUT2D eigenvalue weighted by molar-refractivity contribution is 5.84. The second-order valence-electron chi connectivity index (χ2n) is 7.68. The second-order valence-corrected chi connectivity index (χ2v) is 7.68. The van der Waals surface area contributed by atoms with Gasteiger partial charge in [0.05, 0.1) is 12.2 Å². The highest BCUT2D eigenvalue weighted by atomic mass is 16.2. The van der Waals surface area contributed by atoms with Gasteiger partial charge in [0.15, 0.2) is 0 Å². The zero-order chi connectivity index (χ0) is 13.8. The van der Waals surface area contributed by atoms with Crippen molar-refractivity contribution in [2.75, 3.05) is 6.54 Å². The molecule has 19 heavy (non-hydrogen) atoms. The molecular formula is C16H28N2O. The summed E-state index contributed by atoms with van der Waals surface area (Å²) < 4.78 is 0. The maximum Gasteiger partial charge on any atom is 0.241 e. The van der Waals surface area contributed by atoms with Crippen LogP contribution in [0.3, 0.4) is 0 Å². The topological polar surface area (TPSA) is 32.3 Å². The number of nitrogens with one attached hydrogen (secondary N) is 1. The Morgan fingerprint density at radius 3 is 2.26 bits per heavy atom. The van der Waals surface area contributed by atoms with Crippen molar-refractivity contribution in [3.05, 3.63) is 0 Å². The molecule has 0 aromatic rings. The molecule has 2 atom stereocenters. The first kappa shape index (κ1) is 13.4. The summed E-state index contributed by atoms with van der Waals surface area (Å²) in [5.74, 6) is 2.14. The molecule has 1 aliphatic heterocycles. The van der Waals surface area contributed by atoms with E-state index in [0.717, 1.165) is 12.5 Å². The van der Waals surface area contributed by atoms with E-state index in [1.807, 2.05) is 0 Å². The highest BCUT2D eigenvalue weighted by Gasteiger charge is 2.56. The largest absolute Gasteiger partial charge is 0.325 e. The monoisotopic (exact) mass is 264 g/mol. The number of carbonyl (C=O) groups is 1. The summed E-state index contributed by atoms with van der Waals surface area (Å²) in [5.41, 5.74) is 0.510. The van der Waals surface area contributed by atoms with Crippen LogP contribution in [0.15, 0.2) is 0 Å². The number of nitrogens with zero attached hydrogens (tertiary/aromatic N) is 1. The Labute approximate surface area is 117 Å². The second kappa shape index (κ2) is 4.47. The average Bonchev–Trinajstić information content (AvgIpc) is 3.20. The predicted molar refractivity (Wildman–Crippen MR) is 76.5 cm³/mol. The lowest BCUT2D eigenvalue weighted by atomic mass is 9.98. The molecule has 3 heteroatoms. The molecule has 3 fully saturated rings. The van der Waals surface area contributed by atoms with Crippen LogP contribution in [-0.2, 0) is 4.79 Å². The van der Waals surface area contributed by atoms with Gasteiger partial charge in [0.2, 0.25) is 5.91 Å². The van der Waals surface area contributed by atoms with Gasteiger partial charge in [-0.3, -0.25) is 10.1 Å². The Morgan fingerprint density at radius 2 is 1.84 bits per heavy atom. The number of amides is 1. The van der Waals surface area contributed by atoms with Crippen LogP contribution in [0.1, 0.15) is 53.4 Å². The lowest BCUT2D eigenvalue weighted by Gasteiger charge is -2.31. The number of hydrogen-bond donors (Lipinski definition) is 1. The van der Waals surface area contributed by atoms with Crippen molar-refractivity contribution in [2.45, 2.75) is 65.6 Å². The minimum absolute atomic E-state index is 0.0300. The first-order chi connectivity index (χ1) is 8.94. The Morgan fingerprint density at radius 1 is 1.21 bits per heavy atom. The maximum atomic E-state index is 12.7. The summed E-state index contributed by atoms with van der Waals surface area (Å²) in [5, 5.41) is 3.58. The van der Waals surface area contributed by atoms with Gasteiger partial charge in [-0.1, -0.05) is 27.7 Å². The number of rotatable bonds is 5. The molecule has 0 aromatic carbocycles. The van der Waals surface area contributed by atoms with Gasteiger partial charge in [-0.15, -0.1) is 0 Å². The molecule has 1 saturated heterocycles. The molecule has 2 aliphatic carbocycles. The standard InChI is InChI=1S/C16H28N2O/c1-10(2)13-15(19)18(14(17-13)11(3)4)9-16(7-8-16)12-5-6-12/h10-14,17H,5-9H2,1-4H3. The van der Waals surface area contributed by atoms with Gasteiger partial charge in [-0.2, -0.15) is 0 Å². The van der Waals surface area contributed by atoms with Gasteiger partial charge in [-0.05, 0) is 48.9 Å². The van der Waals surface area contributed by atoms with Crippen LogP contribution >= 0.6 is 0 Å². The van der Waals surface area contributed by atoms with Crippen LogP contribution in [0, 0.1) is 23.2 Å². The summed E-state index contributed by atoms with van der Waals surface area (Å²) in [7, 11) is 0. The van der Waals surface area contributed by atoms with E-state index >= 15 is 0 Å². The van der Waals surface area contributed by atoms with Crippen LogP contribution in [0.5, 0.6) is 0 Å². The minimum Gasteiger partial charge on any atom is -0.325 e. The van der Waals surface area contributed by atoms with Crippen molar-refractivity contribution in [1.82, 2.24) is 10.2 Å². The van der Waals surface area contributed by atoms with E-state index in [9.17, 15) is 4.79 Å². The smallest absolute Gasteiger partial charge is 0.241 e. The molecule has 0 spiro atoms. The summed E-state index contributed by atoms with van der Waals surface area (Å²) in [6.07, 6.45) is 5.73. The van der Waals surface area contributed by atoms with Crippen LogP contribution in [0.2, 0.25) is 0 Å². The van der Waals surface area contributed by atoms with Gasteiger partial charge in [0.1, 0.15) is 0 Å². The van der Waals surface area contributed by atoms with Crippen molar-refractivity contribution < 1.29 is 4.79 Å². The minimum atomic E-state index is 0.0300. The Kier molecular flexibility index (Phi) is 3.16. The Balaban J connectivity index is 1.75. The summed E-state index contributed by atoms with van der Waals surface area (Å²) >= 11 is 0. The van der Waals surface area contributed by atoms with E-state index in [1.165, 1.54) is 25.7 Å². The third-order valence-corrected chi connectivity index (χ3v) is 5.35. The van der Waals surface area contributed by atoms with Crippen LogP contribution in [-0.4, -0.2) is 29.6 Å². The molecule has 3 rings (SSSR count). The molecule has 3 aliphatic rings. The quantitative estimate of drug-likeness (QED) is 0.828. The fourth-order valence-corrected chi connectivity index (χ4v) is 3.76. The van der Waals surface area contributed by atoms with Crippen LogP contribution in [0.4, 0.5) is 0 Å². The molecule has 1 heterocycles. The molecule has 0 bridgehead atoms. The van der Waals surface area contributed by atoms with Gasteiger partial charge in [-0.25, -0.2) is 0 Å². The molecule has 3 nitrogen and oxygen atoms in total. The summed E-state index contributed by atoms with van der Waals surface area (Å²) in [4.78, 5) is 14.9. The van der Waals surface area contributed by atoms with Crippen molar-refractivity contribution in [2.24, 2.45) is 23.2 Å². The van der Waals surface area contributed by atoms with Crippen molar-refractivity contribution >= 4 is 5.91 Å². The third kappa shape index (κ3) is 2.31. The van der Waals surface area contributed by atoms with E-state index in [0.29, 0.717) is 23.2 Å². The number of carbonyl (C=O) groups excluding carboxylic acids is 1.